The van der Waals surface area contributed by atoms with Crippen LogP contribution in [-0.2, 0) is 19.1 Å². The van der Waals surface area contributed by atoms with Crippen molar-refractivity contribution < 1.29 is 19.1 Å². The van der Waals surface area contributed by atoms with Gasteiger partial charge >= 0.3 is 5.97 Å². The number of nitrogens with zero attached hydrogens (tertiary/aromatic N) is 1. The molecule has 2 aliphatic rings. The zero-order valence-electron chi connectivity index (χ0n) is 10.5. The van der Waals surface area contributed by atoms with Crippen LogP contribution in [0.2, 0.25) is 0 Å². The number of hydrogen-bond donors (Lipinski definition) is 1. The number of amides is 2. The lowest BCUT2D eigenvalue weighted by Gasteiger charge is -2.34. The van der Waals surface area contributed by atoms with Crippen molar-refractivity contribution in [1.29, 1.82) is 0 Å². The van der Waals surface area contributed by atoms with Crippen molar-refractivity contribution in [3.05, 3.63) is 0 Å². The van der Waals surface area contributed by atoms with Gasteiger partial charge in [0.05, 0.1) is 25.0 Å². The highest BCUT2D eigenvalue weighted by Gasteiger charge is 2.38. The number of piperidine rings is 1. The smallest absolute Gasteiger partial charge is 0.310 e. The molecule has 6 nitrogen and oxygen atoms in total. The first-order valence-corrected chi connectivity index (χ1v) is 6.36. The number of imide groups is 1. The molecule has 2 heterocycles. The molecule has 2 rings (SSSR count). The first-order chi connectivity index (χ1) is 8.61. The molecule has 2 unspecified atom stereocenters. The van der Waals surface area contributed by atoms with Gasteiger partial charge in [-0.1, -0.05) is 0 Å². The van der Waals surface area contributed by atoms with Crippen LogP contribution >= 0.6 is 0 Å². The number of hydrogen-bond acceptors (Lipinski definition) is 5. The Kier molecular flexibility index (Phi) is 3.96. The van der Waals surface area contributed by atoms with E-state index < -0.39 is 6.04 Å². The van der Waals surface area contributed by atoms with E-state index in [9.17, 15) is 14.4 Å². The number of carbonyl (C=O) groups is 3. The summed E-state index contributed by atoms with van der Waals surface area (Å²) in [4.78, 5) is 36.4. The maximum absolute atomic E-state index is 11.7. The van der Waals surface area contributed by atoms with Gasteiger partial charge < -0.3 is 4.74 Å². The number of likely N-dealkylation sites (tertiary alicyclic amines) is 1. The third-order valence-corrected chi connectivity index (χ3v) is 3.46. The molecule has 2 amide bonds. The SMILES string of the molecule is CCOC(=O)C1CCCN(C2CC(=O)NC2=O)C1. The van der Waals surface area contributed by atoms with Crippen LogP contribution in [0.3, 0.4) is 0 Å². The van der Waals surface area contributed by atoms with Gasteiger partial charge in [-0.15, -0.1) is 0 Å². The van der Waals surface area contributed by atoms with Crippen molar-refractivity contribution in [2.45, 2.75) is 32.2 Å². The van der Waals surface area contributed by atoms with Crippen LogP contribution in [0.15, 0.2) is 0 Å². The fraction of sp³-hybridized carbons (Fsp3) is 0.750. The second kappa shape index (κ2) is 5.48. The summed E-state index contributed by atoms with van der Waals surface area (Å²) in [5.74, 6) is -0.859. The van der Waals surface area contributed by atoms with Gasteiger partial charge in [-0.05, 0) is 26.3 Å². The lowest BCUT2D eigenvalue weighted by molar-refractivity contribution is -0.150. The Balaban J connectivity index is 1.96. The summed E-state index contributed by atoms with van der Waals surface area (Å²) < 4.78 is 5.01. The molecule has 0 bridgehead atoms. The monoisotopic (exact) mass is 254 g/mol. The average molecular weight is 254 g/mol. The minimum atomic E-state index is -0.408. The summed E-state index contributed by atoms with van der Waals surface area (Å²) in [7, 11) is 0. The number of rotatable bonds is 3. The molecule has 2 atom stereocenters. The maximum Gasteiger partial charge on any atom is 0.310 e. The van der Waals surface area contributed by atoms with Crippen molar-refractivity contribution in [3.8, 4) is 0 Å². The van der Waals surface area contributed by atoms with Crippen molar-refractivity contribution in [2.24, 2.45) is 5.92 Å². The Bertz CT molecular complexity index is 369. The van der Waals surface area contributed by atoms with Gasteiger partial charge in [0.15, 0.2) is 0 Å². The third-order valence-electron chi connectivity index (χ3n) is 3.46. The summed E-state index contributed by atoms with van der Waals surface area (Å²) in [6.07, 6.45) is 1.84. The van der Waals surface area contributed by atoms with E-state index in [1.165, 1.54) is 0 Å². The Labute approximate surface area is 106 Å². The Morgan fingerprint density at radius 3 is 2.89 bits per heavy atom. The van der Waals surface area contributed by atoms with Crippen LogP contribution < -0.4 is 5.32 Å². The van der Waals surface area contributed by atoms with Crippen LogP contribution in [-0.4, -0.2) is 48.4 Å². The van der Waals surface area contributed by atoms with Gasteiger partial charge in [0.25, 0.3) is 0 Å². The maximum atomic E-state index is 11.7. The molecule has 0 spiro atoms. The third kappa shape index (κ3) is 2.69. The van der Waals surface area contributed by atoms with Crippen LogP contribution in [0.5, 0.6) is 0 Å². The minimum Gasteiger partial charge on any atom is -0.466 e. The molecule has 1 N–H and O–H groups in total. The van der Waals surface area contributed by atoms with E-state index in [1.807, 2.05) is 4.90 Å². The van der Waals surface area contributed by atoms with Crippen LogP contribution in [0.1, 0.15) is 26.2 Å². The average Bonchev–Trinajstić information content (AvgIpc) is 2.69. The van der Waals surface area contributed by atoms with Gasteiger partial charge in [-0.25, -0.2) is 0 Å². The summed E-state index contributed by atoms with van der Waals surface area (Å²) in [6.45, 7) is 3.41. The second-order valence-corrected chi connectivity index (χ2v) is 4.72. The molecule has 0 saturated carbocycles. The van der Waals surface area contributed by atoms with Crippen molar-refractivity contribution in [3.63, 3.8) is 0 Å². The van der Waals surface area contributed by atoms with E-state index in [0.717, 1.165) is 19.4 Å². The molecule has 2 saturated heterocycles. The second-order valence-electron chi connectivity index (χ2n) is 4.72. The number of carbonyl (C=O) groups excluding carboxylic acids is 3. The number of nitrogens with one attached hydrogen (secondary N) is 1. The predicted molar refractivity (Wildman–Crippen MR) is 62.5 cm³/mol. The normalized spacial score (nSPS) is 29.2. The summed E-state index contributed by atoms with van der Waals surface area (Å²) in [6, 6.07) is -0.408. The quantitative estimate of drug-likeness (QED) is 0.551. The molecule has 0 radical (unpaired) electrons. The predicted octanol–water partition coefficient (Wildman–Crippen LogP) is -0.323. The standard InChI is InChI=1S/C12H18N2O4/c1-2-18-12(17)8-4-3-5-14(7-8)9-6-10(15)13-11(9)16/h8-9H,2-7H2,1H3,(H,13,15,16). The van der Waals surface area contributed by atoms with Gasteiger partial charge in [-0.2, -0.15) is 0 Å². The topological polar surface area (TPSA) is 75.7 Å². The molecule has 100 valence electrons. The highest BCUT2D eigenvalue weighted by molar-refractivity contribution is 6.05. The van der Waals surface area contributed by atoms with Gasteiger partial charge in [-0.3, -0.25) is 24.6 Å². The van der Waals surface area contributed by atoms with Crippen LogP contribution in [0, 0.1) is 5.92 Å². The van der Waals surface area contributed by atoms with Gasteiger partial charge in [0, 0.05) is 6.54 Å². The molecular weight excluding hydrogens is 236 g/mol. The molecular formula is C12H18N2O4. The minimum absolute atomic E-state index is 0.179. The number of esters is 1. The Morgan fingerprint density at radius 1 is 1.50 bits per heavy atom. The zero-order chi connectivity index (χ0) is 13.1. The molecule has 0 aliphatic carbocycles. The van der Waals surface area contributed by atoms with E-state index >= 15 is 0 Å². The molecule has 6 heteroatoms. The summed E-state index contributed by atoms with van der Waals surface area (Å²) in [5, 5.41) is 2.30. The van der Waals surface area contributed by atoms with Crippen molar-refractivity contribution in [2.75, 3.05) is 19.7 Å². The molecule has 2 aliphatic heterocycles. The van der Waals surface area contributed by atoms with Gasteiger partial charge in [0.1, 0.15) is 0 Å². The van der Waals surface area contributed by atoms with Crippen molar-refractivity contribution >= 4 is 17.8 Å². The molecule has 2 fully saturated rings. The lowest BCUT2D eigenvalue weighted by atomic mass is 9.96. The fourth-order valence-corrected chi connectivity index (χ4v) is 2.58. The van der Waals surface area contributed by atoms with E-state index in [-0.39, 0.29) is 30.1 Å². The fourth-order valence-electron chi connectivity index (χ4n) is 2.58. The molecule has 18 heavy (non-hydrogen) atoms. The zero-order valence-corrected chi connectivity index (χ0v) is 10.5. The Hall–Kier alpha value is -1.43. The molecule has 0 aromatic heterocycles. The highest BCUT2D eigenvalue weighted by atomic mass is 16.5. The summed E-state index contributed by atoms with van der Waals surface area (Å²) >= 11 is 0. The van der Waals surface area contributed by atoms with Crippen molar-refractivity contribution in [1.82, 2.24) is 10.2 Å². The number of ether oxygens (including phenoxy) is 1. The van der Waals surface area contributed by atoms with E-state index in [4.69, 9.17) is 4.74 Å². The molecule has 0 aromatic rings. The summed E-state index contributed by atoms with van der Waals surface area (Å²) in [5.41, 5.74) is 0. The largest absolute Gasteiger partial charge is 0.466 e. The molecule has 0 aromatic carbocycles. The lowest BCUT2D eigenvalue weighted by Crippen LogP contribution is -2.47. The highest BCUT2D eigenvalue weighted by Crippen LogP contribution is 2.22. The van der Waals surface area contributed by atoms with E-state index in [0.29, 0.717) is 13.2 Å². The van der Waals surface area contributed by atoms with Crippen LogP contribution in [0.25, 0.3) is 0 Å². The first-order valence-electron chi connectivity index (χ1n) is 6.36. The van der Waals surface area contributed by atoms with E-state index in [1.54, 1.807) is 6.92 Å². The van der Waals surface area contributed by atoms with Crippen LogP contribution in [0.4, 0.5) is 0 Å². The van der Waals surface area contributed by atoms with E-state index in [2.05, 4.69) is 5.32 Å². The Morgan fingerprint density at radius 2 is 2.28 bits per heavy atom. The van der Waals surface area contributed by atoms with Gasteiger partial charge in [0.2, 0.25) is 11.8 Å². The first kappa shape index (κ1) is 13.0.